The number of carbonyl (C=O) groups is 4. The zero-order chi connectivity index (χ0) is 16.6. The first-order chi connectivity index (χ1) is 9.68. The molecule has 0 rings (SSSR count). The van der Waals surface area contributed by atoms with Crippen molar-refractivity contribution in [2.45, 2.75) is 59.0 Å². The maximum Gasteiger partial charge on any atom is 0.243 e. The number of nitrogens with two attached hydrogens (primary N) is 1. The zero-order valence-electron chi connectivity index (χ0n) is 13.1. The second-order valence-electron chi connectivity index (χ2n) is 5.32. The number of carbonyl (C=O) groups excluding carboxylic acids is 4. The Bertz CT molecular complexity index is 407. The van der Waals surface area contributed by atoms with Crippen LogP contribution in [0.2, 0.25) is 0 Å². The first-order valence-corrected chi connectivity index (χ1v) is 7.07. The Labute approximate surface area is 125 Å². The van der Waals surface area contributed by atoms with Gasteiger partial charge >= 0.3 is 0 Å². The summed E-state index contributed by atoms with van der Waals surface area (Å²) in [7, 11) is 0. The van der Waals surface area contributed by atoms with Gasteiger partial charge in [-0.3, -0.25) is 19.2 Å². The third-order valence-electron chi connectivity index (χ3n) is 3.07. The van der Waals surface area contributed by atoms with Crippen molar-refractivity contribution in [2.75, 3.05) is 0 Å². The van der Waals surface area contributed by atoms with Crippen molar-refractivity contribution >= 4 is 23.5 Å². The van der Waals surface area contributed by atoms with E-state index in [0.717, 1.165) is 0 Å². The van der Waals surface area contributed by atoms with E-state index < -0.39 is 23.9 Å². The number of primary amides is 1. The highest BCUT2D eigenvalue weighted by atomic mass is 16.2. The quantitative estimate of drug-likeness (QED) is 0.550. The number of hydrogen-bond donors (Lipinski definition) is 3. The molecule has 0 heterocycles. The Morgan fingerprint density at radius 1 is 1.10 bits per heavy atom. The van der Waals surface area contributed by atoms with Crippen molar-refractivity contribution in [1.29, 1.82) is 0 Å². The van der Waals surface area contributed by atoms with Gasteiger partial charge in [-0.15, -0.1) is 0 Å². The molecule has 0 unspecified atom stereocenters. The van der Waals surface area contributed by atoms with Crippen LogP contribution in [0.1, 0.15) is 47.0 Å². The van der Waals surface area contributed by atoms with E-state index in [-0.39, 0.29) is 30.4 Å². The average Bonchev–Trinajstić information content (AvgIpc) is 2.38. The average molecular weight is 299 g/mol. The number of hydrogen-bond acceptors (Lipinski definition) is 4. The number of rotatable bonds is 9. The summed E-state index contributed by atoms with van der Waals surface area (Å²) in [6.45, 7) is 6.60. The topological polar surface area (TPSA) is 118 Å². The van der Waals surface area contributed by atoms with Gasteiger partial charge in [-0.05, 0) is 12.3 Å². The van der Waals surface area contributed by atoms with Crippen molar-refractivity contribution in [1.82, 2.24) is 10.6 Å². The molecule has 3 amide bonds. The van der Waals surface area contributed by atoms with Crippen molar-refractivity contribution in [3.63, 3.8) is 0 Å². The van der Waals surface area contributed by atoms with Crippen molar-refractivity contribution in [2.24, 2.45) is 11.7 Å². The molecule has 7 heteroatoms. The van der Waals surface area contributed by atoms with Gasteiger partial charge in [0.05, 0.1) is 0 Å². The molecule has 0 aliphatic rings. The van der Waals surface area contributed by atoms with Crippen molar-refractivity contribution in [3.8, 4) is 0 Å². The summed E-state index contributed by atoms with van der Waals surface area (Å²) >= 11 is 0. The molecular formula is C14H25N3O4. The van der Waals surface area contributed by atoms with E-state index in [2.05, 4.69) is 10.6 Å². The normalized spacial score (nSPS) is 13.4. The molecule has 0 radical (unpaired) electrons. The lowest BCUT2D eigenvalue weighted by atomic mass is 10.0. The fourth-order valence-corrected chi connectivity index (χ4v) is 1.78. The molecule has 0 aromatic heterocycles. The molecule has 0 aliphatic carbocycles. The smallest absolute Gasteiger partial charge is 0.243 e. The summed E-state index contributed by atoms with van der Waals surface area (Å²) in [6, 6.07) is -1.66. The molecule has 0 saturated carbocycles. The lowest BCUT2D eigenvalue weighted by Gasteiger charge is -2.23. The molecule has 21 heavy (non-hydrogen) atoms. The molecule has 0 aromatic rings. The van der Waals surface area contributed by atoms with Gasteiger partial charge in [-0.2, -0.15) is 0 Å². The minimum atomic E-state index is -0.914. The summed E-state index contributed by atoms with van der Waals surface area (Å²) in [5.74, 6) is -1.65. The van der Waals surface area contributed by atoms with Crippen LogP contribution in [0.5, 0.6) is 0 Å². The van der Waals surface area contributed by atoms with E-state index >= 15 is 0 Å². The number of ketones is 1. The molecule has 0 bridgehead atoms. The van der Waals surface area contributed by atoms with E-state index in [0.29, 0.717) is 6.42 Å². The largest absolute Gasteiger partial charge is 0.368 e. The summed E-state index contributed by atoms with van der Waals surface area (Å²) in [4.78, 5) is 45.9. The SMILES string of the molecule is CCC(=O)CC[C@@H](NC(=O)[C@H](NC(C)=O)C(C)C)C(N)=O. The van der Waals surface area contributed by atoms with Gasteiger partial charge in [0.25, 0.3) is 0 Å². The van der Waals surface area contributed by atoms with Crippen LogP contribution in [0, 0.1) is 5.92 Å². The highest BCUT2D eigenvalue weighted by Gasteiger charge is 2.27. The molecule has 0 fully saturated rings. The Balaban J connectivity index is 4.74. The molecule has 4 N–H and O–H groups in total. The van der Waals surface area contributed by atoms with Crippen LogP contribution in [-0.2, 0) is 19.2 Å². The van der Waals surface area contributed by atoms with Gasteiger partial charge in [0, 0.05) is 19.8 Å². The zero-order valence-corrected chi connectivity index (χ0v) is 13.1. The minimum Gasteiger partial charge on any atom is -0.368 e. The summed E-state index contributed by atoms with van der Waals surface area (Å²) in [5, 5.41) is 5.03. The highest BCUT2D eigenvalue weighted by molar-refractivity contribution is 5.91. The molecular weight excluding hydrogens is 274 g/mol. The van der Waals surface area contributed by atoms with Crippen LogP contribution < -0.4 is 16.4 Å². The van der Waals surface area contributed by atoms with Crippen LogP contribution >= 0.6 is 0 Å². The second kappa shape index (κ2) is 9.10. The minimum absolute atomic E-state index is 0.00207. The van der Waals surface area contributed by atoms with Gasteiger partial charge < -0.3 is 16.4 Å². The van der Waals surface area contributed by atoms with E-state index in [1.54, 1.807) is 20.8 Å². The van der Waals surface area contributed by atoms with E-state index in [9.17, 15) is 19.2 Å². The van der Waals surface area contributed by atoms with Crippen LogP contribution in [-0.4, -0.2) is 35.6 Å². The summed E-state index contributed by atoms with van der Waals surface area (Å²) in [5.41, 5.74) is 5.24. The van der Waals surface area contributed by atoms with Gasteiger partial charge in [-0.25, -0.2) is 0 Å². The lowest BCUT2D eigenvalue weighted by molar-refractivity contribution is -0.132. The predicted molar refractivity (Wildman–Crippen MR) is 78.1 cm³/mol. The third kappa shape index (κ3) is 7.43. The molecule has 0 aromatic carbocycles. The van der Waals surface area contributed by atoms with E-state index in [4.69, 9.17) is 5.73 Å². The van der Waals surface area contributed by atoms with Crippen molar-refractivity contribution < 1.29 is 19.2 Å². The summed E-state index contributed by atoms with van der Waals surface area (Å²) in [6.07, 6.45) is 0.718. The standard InChI is InChI=1S/C14H25N3O4/c1-5-10(19)6-7-11(13(15)20)17-14(21)12(8(2)3)16-9(4)18/h8,11-12H,5-7H2,1-4H3,(H2,15,20)(H,16,18)(H,17,21)/t11-,12-/m1/s1. The Morgan fingerprint density at radius 2 is 1.67 bits per heavy atom. The van der Waals surface area contributed by atoms with Crippen LogP contribution in [0.4, 0.5) is 0 Å². The van der Waals surface area contributed by atoms with Crippen LogP contribution in [0.15, 0.2) is 0 Å². The monoisotopic (exact) mass is 299 g/mol. The number of amides is 3. The van der Waals surface area contributed by atoms with Crippen LogP contribution in [0.25, 0.3) is 0 Å². The summed E-state index contributed by atoms with van der Waals surface area (Å²) < 4.78 is 0. The molecule has 120 valence electrons. The molecule has 2 atom stereocenters. The van der Waals surface area contributed by atoms with Gasteiger partial charge in [-0.1, -0.05) is 20.8 Å². The maximum atomic E-state index is 12.1. The predicted octanol–water partition coefficient (Wildman–Crippen LogP) is -0.123. The first kappa shape index (κ1) is 19.1. The Morgan fingerprint density at radius 3 is 2.05 bits per heavy atom. The van der Waals surface area contributed by atoms with Crippen LogP contribution in [0.3, 0.4) is 0 Å². The fraction of sp³-hybridized carbons (Fsp3) is 0.714. The lowest BCUT2D eigenvalue weighted by Crippen LogP contribution is -2.54. The third-order valence-corrected chi connectivity index (χ3v) is 3.07. The molecule has 0 aliphatic heterocycles. The highest BCUT2D eigenvalue weighted by Crippen LogP contribution is 2.05. The van der Waals surface area contributed by atoms with Crippen molar-refractivity contribution in [3.05, 3.63) is 0 Å². The number of nitrogens with one attached hydrogen (secondary N) is 2. The van der Waals surface area contributed by atoms with Gasteiger partial charge in [0.15, 0.2) is 0 Å². The van der Waals surface area contributed by atoms with E-state index in [1.165, 1.54) is 6.92 Å². The van der Waals surface area contributed by atoms with Gasteiger partial charge in [0.1, 0.15) is 17.9 Å². The maximum absolute atomic E-state index is 12.1. The van der Waals surface area contributed by atoms with Gasteiger partial charge in [0.2, 0.25) is 17.7 Å². The second-order valence-corrected chi connectivity index (χ2v) is 5.32. The first-order valence-electron chi connectivity index (χ1n) is 7.07. The Hall–Kier alpha value is -1.92. The molecule has 0 saturated heterocycles. The number of Topliss-reactive ketones (excluding diaryl/α,β-unsaturated/α-hetero) is 1. The molecule has 0 spiro atoms. The molecule has 7 nitrogen and oxygen atoms in total. The fourth-order valence-electron chi connectivity index (χ4n) is 1.78. The Kier molecular flexibility index (Phi) is 8.26. The van der Waals surface area contributed by atoms with E-state index in [1.807, 2.05) is 0 Å².